The molecule has 0 radical (unpaired) electrons. The van der Waals surface area contributed by atoms with Crippen LogP contribution in [-0.4, -0.2) is 19.5 Å². The fraction of sp³-hybridized carbons (Fsp3) is 0.273. The maximum absolute atomic E-state index is 12.3. The Hall–Kier alpha value is -3.08. The van der Waals surface area contributed by atoms with Crippen molar-refractivity contribution in [2.45, 2.75) is 26.7 Å². The third kappa shape index (κ3) is 3.87. The minimum Gasteiger partial charge on any atom is -0.497 e. The molecule has 27 heavy (non-hydrogen) atoms. The second kappa shape index (κ2) is 7.66. The molecule has 0 N–H and O–H groups in total. The average Bonchev–Trinajstić information content (AvgIpc) is 2.65. The normalized spacial score (nSPS) is 11.0. The van der Waals surface area contributed by atoms with Gasteiger partial charge in [-0.25, -0.2) is 4.79 Å². The van der Waals surface area contributed by atoms with Crippen LogP contribution in [0.4, 0.5) is 0 Å². The van der Waals surface area contributed by atoms with Crippen LogP contribution < -0.4 is 15.1 Å². The SMILES string of the molecule is COc1ccc(C(=O)COc2ccc3c(C)c(C(C)C)c(=O)oc3c2)cc1. The van der Waals surface area contributed by atoms with Crippen LogP contribution in [-0.2, 0) is 0 Å². The summed E-state index contributed by atoms with van der Waals surface area (Å²) in [6.45, 7) is 5.74. The van der Waals surface area contributed by atoms with Gasteiger partial charge in [-0.2, -0.15) is 0 Å². The molecule has 140 valence electrons. The number of hydrogen-bond donors (Lipinski definition) is 0. The molecule has 3 aromatic rings. The molecule has 0 amide bonds. The lowest BCUT2D eigenvalue weighted by atomic mass is 9.97. The molecule has 3 rings (SSSR count). The van der Waals surface area contributed by atoms with Gasteiger partial charge in [0, 0.05) is 22.6 Å². The van der Waals surface area contributed by atoms with Crippen LogP contribution in [0.2, 0.25) is 0 Å². The molecule has 5 nitrogen and oxygen atoms in total. The van der Waals surface area contributed by atoms with Crippen molar-refractivity contribution in [1.29, 1.82) is 0 Å². The summed E-state index contributed by atoms with van der Waals surface area (Å²) in [4.78, 5) is 24.5. The molecule has 0 atom stereocenters. The summed E-state index contributed by atoms with van der Waals surface area (Å²) < 4.78 is 16.1. The van der Waals surface area contributed by atoms with Gasteiger partial charge < -0.3 is 13.9 Å². The lowest BCUT2D eigenvalue weighted by Gasteiger charge is -2.11. The molecule has 1 heterocycles. The van der Waals surface area contributed by atoms with Gasteiger partial charge in [0.25, 0.3) is 0 Å². The fourth-order valence-electron chi connectivity index (χ4n) is 3.12. The Morgan fingerprint density at radius 1 is 1.07 bits per heavy atom. The first-order chi connectivity index (χ1) is 12.9. The first-order valence-electron chi connectivity index (χ1n) is 8.78. The van der Waals surface area contributed by atoms with Gasteiger partial charge in [0.05, 0.1) is 7.11 Å². The smallest absolute Gasteiger partial charge is 0.339 e. The van der Waals surface area contributed by atoms with Crippen molar-refractivity contribution in [2.75, 3.05) is 13.7 Å². The van der Waals surface area contributed by atoms with E-state index in [-0.39, 0.29) is 23.9 Å². The molecule has 0 aliphatic rings. The third-order valence-corrected chi connectivity index (χ3v) is 4.54. The summed E-state index contributed by atoms with van der Waals surface area (Å²) in [5.41, 5.74) is 2.27. The van der Waals surface area contributed by atoms with Gasteiger partial charge in [-0.3, -0.25) is 4.79 Å². The Kier molecular flexibility index (Phi) is 5.31. The average molecular weight is 366 g/mol. The minimum atomic E-state index is -0.332. The van der Waals surface area contributed by atoms with E-state index < -0.39 is 0 Å². The molecule has 0 aliphatic carbocycles. The quantitative estimate of drug-likeness (QED) is 0.475. The number of aryl methyl sites for hydroxylation is 1. The highest BCUT2D eigenvalue weighted by Crippen LogP contribution is 2.27. The number of hydrogen-bond acceptors (Lipinski definition) is 5. The van der Waals surface area contributed by atoms with E-state index in [9.17, 15) is 9.59 Å². The Morgan fingerprint density at radius 2 is 1.74 bits per heavy atom. The second-order valence-electron chi connectivity index (χ2n) is 6.68. The highest BCUT2D eigenvalue weighted by Gasteiger charge is 2.15. The lowest BCUT2D eigenvalue weighted by molar-refractivity contribution is 0.0921. The Bertz CT molecular complexity index is 1030. The van der Waals surface area contributed by atoms with Crippen molar-refractivity contribution in [3.8, 4) is 11.5 Å². The van der Waals surface area contributed by atoms with E-state index in [0.29, 0.717) is 28.2 Å². The minimum absolute atomic E-state index is 0.0868. The number of Topliss-reactive ketones (excluding diaryl/α,β-unsaturated/α-hetero) is 1. The third-order valence-electron chi connectivity index (χ3n) is 4.54. The zero-order valence-electron chi connectivity index (χ0n) is 15.9. The van der Waals surface area contributed by atoms with E-state index in [1.54, 1.807) is 43.5 Å². The van der Waals surface area contributed by atoms with Crippen molar-refractivity contribution in [1.82, 2.24) is 0 Å². The number of benzene rings is 2. The standard InChI is InChI=1S/C22H22O5/c1-13(2)21-14(3)18-10-9-17(11-20(18)27-22(21)24)26-12-19(23)15-5-7-16(25-4)8-6-15/h5-11,13H,12H2,1-4H3. The van der Waals surface area contributed by atoms with Crippen LogP contribution in [0.5, 0.6) is 11.5 Å². The molecular formula is C22H22O5. The summed E-state index contributed by atoms with van der Waals surface area (Å²) in [5.74, 6) is 1.10. The van der Waals surface area contributed by atoms with Crippen LogP contribution in [0.15, 0.2) is 51.7 Å². The Morgan fingerprint density at radius 3 is 2.37 bits per heavy atom. The van der Waals surface area contributed by atoms with Crippen LogP contribution in [0, 0.1) is 6.92 Å². The second-order valence-corrected chi connectivity index (χ2v) is 6.68. The van der Waals surface area contributed by atoms with Gasteiger partial charge in [0.15, 0.2) is 12.4 Å². The molecular weight excluding hydrogens is 344 g/mol. The Balaban J connectivity index is 1.80. The molecule has 0 fully saturated rings. The molecule has 0 unspecified atom stereocenters. The molecule has 0 aliphatic heterocycles. The predicted octanol–water partition coefficient (Wildman–Crippen LogP) is 4.50. The van der Waals surface area contributed by atoms with Gasteiger partial charge in [-0.1, -0.05) is 13.8 Å². The molecule has 0 saturated heterocycles. The van der Waals surface area contributed by atoms with Gasteiger partial charge in [-0.05, 0) is 54.8 Å². The van der Waals surface area contributed by atoms with Crippen LogP contribution >= 0.6 is 0 Å². The lowest BCUT2D eigenvalue weighted by Crippen LogP contribution is -2.13. The van der Waals surface area contributed by atoms with Gasteiger partial charge in [0.1, 0.15) is 17.1 Å². The number of ether oxygens (including phenoxy) is 2. The number of ketones is 1. The zero-order chi connectivity index (χ0) is 19.6. The highest BCUT2D eigenvalue weighted by atomic mass is 16.5. The molecule has 0 bridgehead atoms. The van der Waals surface area contributed by atoms with E-state index in [1.165, 1.54) is 0 Å². The first kappa shape index (κ1) is 18.7. The maximum atomic E-state index is 12.3. The monoisotopic (exact) mass is 366 g/mol. The van der Waals surface area contributed by atoms with E-state index >= 15 is 0 Å². The summed E-state index contributed by atoms with van der Waals surface area (Å²) >= 11 is 0. The highest BCUT2D eigenvalue weighted by molar-refractivity contribution is 5.97. The van der Waals surface area contributed by atoms with Crippen LogP contribution in [0.25, 0.3) is 11.0 Å². The summed E-state index contributed by atoms with van der Waals surface area (Å²) in [7, 11) is 1.57. The zero-order valence-corrected chi connectivity index (χ0v) is 15.9. The number of fused-ring (bicyclic) bond motifs is 1. The topological polar surface area (TPSA) is 65.7 Å². The van der Waals surface area contributed by atoms with Gasteiger partial charge in [0.2, 0.25) is 0 Å². The van der Waals surface area contributed by atoms with E-state index in [4.69, 9.17) is 13.9 Å². The Labute approximate surface area is 157 Å². The fourth-order valence-corrected chi connectivity index (χ4v) is 3.12. The van der Waals surface area contributed by atoms with E-state index in [0.717, 1.165) is 10.9 Å². The van der Waals surface area contributed by atoms with Crippen molar-refractivity contribution in [3.05, 3.63) is 69.6 Å². The number of rotatable bonds is 6. The predicted molar refractivity (Wildman–Crippen MR) is 104 cm³/mol. The van der Waals surface area contributed by atoms with Crippen molar-refractivity contribution < 1.29 is 18.7 Å². The molecule has 5 heteroatoms. The number of methoxy groups -OCH3 is 1. The first-order valence-corrected chi connectivity index (χ1v) is 8.78. The van der Waals surface area contributed by atoms with Crippen molar-refractivity contribution in [2.24, 2.45) is 0 Å². The van der Waals surface area contributed by atoms with Gasteiger partial charge >= 0.3 is 5.63 Å². The molecule has 1 aromatic heterocycles. The maximum Gasteiger partial charge on any atom is 0.339 e. The summed E-state index contributed by atoms with van der Waals surface area (Å²) in [6.07, 6.45) is 0. The van der Waals surface area contributed by atoms with Crippen molar-refractivity contribution >= 4 is 16.8 Å². The number of carbonyl (C=O) groups excluding carboxylic acids is 1. The summed E-state index contributed by atoms with van der Waals surface area (Å²) in [5, 5.41) is 0.868. The van der Waals surface area contributed by atoms with Gasteiger partial charge in [-0.15, -0.1) is 0 Å². The van der Waals surface area contributed by atoms with Crippen LogP contribution in [0.1, 0.15) is 41.3 Å². The molecule has 0 spiro atoms. The molecule has 0 saturated carbocycles. The summed E-state index contributed by atoms with van der Waals surface area (Å²) in [6, 6.07) is 12.1. The van der Waals surface area contributed by atoms with Crippen molar-refractivity contribution in [3.63, 3.8) is 0 Å². The molecule has 2 aromatic carbocycles. The van der Waals surface area contributed by atoms with E-state index in [2.05, 4.69) is 0 Å². The largest absolute Gasteiger partial charge is 0.497 e. The van der Waals surface area contributed by atoms with E-state index in [1.807, 2.05) is 26.8 Å². The van der Waals surface area contributed by atoms with Crippen LogP contribution in [0.3, 0.4) is 0 Å². The number of carbonyl (C=O) groups is 1.